The minimum atomic E-state index is 0.327. The average molecular weight is 413 g/mol. The van der Waals surface area contributed by atoms with Crippen LogP contribution in [0.5, 0.6) is 0 Å². The van der Waals surface area contributed by atoms with Crippen LogP contribution >= 0.6 is 0 Å². The predicted octanol–water partition coefficient (Wildman–Crippen LogP) is 8.25. The van der Waals surface area contributed by atoms with Crippen molar-refractivity contribution in [3.05, 3.63) is 46.6 Å². The lowest BCUT2D eigenvalue weighted by molar-refractivity contribution is 0.809. The van der Waals surface area contributed by atoms with Gasteiger partial charge < -0.3 is 10.6 Å². The molecule has 170 valence electrons. The summed E-state index contributed by atoms with van der Waals surface area (Å²) in [6.07, 6.45) is 18.1. The second-order valence-corrected chi connectivity index (χ2v) is 8.58. The highest BCUT2D eigenvalue weighted by Crippen LogP contribution is 2.40. The van der Waals surface area contributed by atoms with Crippen LogP contribution in [0.4, 0.5) is 11.4 Å². The van der Waals surface area contributed by atoms with Crippen LogP contribution in [0.25, 0.3) is 0 Å². The van der Waals surface area contributed by atoms with Gasteiger partial charge in [-0.3, -0.25) is 0 Å². The topological polar surface area (TPSA) is 24.1 Å². The van der Waals surface area contributed by atoms with Gasteiger partial charge in [0.05, 0.1) is 0 Å². The molecule has 0 saturated carbocycles. The normalized spacial score (nSPS) is 13.9. The third-order valence-corrected chi connectivity index (χ3v) is 5.64. The van der Waals surface area contributed by atoms with Crippen LogP contribution in [0, 0.1) is 0 Å². The summed E-state index contributed by atoms with van der Waals surface area (Å²) in [5, 5.41) is 7.84. The Kier molecular flexibility index (Phi) is 12.6. The van der Waals surface area contributed by atoms with E-state index in [1.807, 2.05) is 0 Å². The van der Waals surface area contributed by atoms with Crippen LogP contribution in [-0.2, 0) is 25.7 Å². The second kappa shape index (κ2) is 14.3. The van der Waals surface area contributed by atoms with Crippen molar-refractivity contribution in [3.63, 3.8) is 0 Å². The van der Waals surface area contributed by atoms with Crippen LogP contribution in [0.3, 0.4) is 0 Å². The second-order valence-electron chi connectivity index (χ2n) is 8.58. The summed E-state index contributed by atoms with van der Waals surface area (Å²) in [6.45, 7) is 18.0. The molecule has 0 amide bonds. The standard InChI is InChI=1S/C28H48N2/c1-9-15-21(7)29-27-24(18-12-4)23(17-11-3)25(19-13-5)28(26(27)20-14-6)30-22(8)16-10-2/h9-10,15-16,21-22,29-30H,11-14,17-20H2,1-8H3/b15-9+,16-10+. The third-order valence-electron chi connectivity index (χ3n) is 5.64. The van der Waals surface area contributed by atoms with Crippen LogP contribution in [0.2, 0.25) is 0 Å². The van der Waals surface area contributed by atoms with Gasteiger partial charge in [-0.15, -0.1) is 0 Å². The van der Waals surface area contributed by atoms with Crippen LogP contribution < -0.4 is 10.6 Å². The van der Waals surface area contributed by atoms with Crippen LogP contribution in [0.1, 0.15) is 103 Å². The summed E-state index contributed by atoms with van der Waals surface area (Å²) in [4.78, 5) is 0. The molecule has 0 heterocycles. The Morgan fingerprint density at radius 3 is 1.23 bits per heavy atom. The minimum Gasteiger partial charge on any atom is -0.379 e. The molecule has 0 aliphatic heterocycles. The lowest BCUT2D eigenvalue weighted by atomic mass is 9.84. The zero-order chi connectivity index (χ0) is 22.5. The molecule has 1 rings (SSSR count). The first-order valence-electron chi connectivity index (χ1n) is 12.5. The Morgan fingerprint density at radius 2 is 0.900 bits per heavy atom. The molecule has 2 unspecified atom stereocenters. The first-order valence-corrected chi connectivity index (χ1v) is 12.5. The molecule has 2 heteroatoms. The van der Waals surface area contributed by atoms with Crippen LogP contribution in [0.15, 0.2) is 24.3 Å². The molecule has 0 saturated heterocycles. The first-order chi connectivity index (χ1) is 14.5. The largest absolute Gasteiger partial charge is 0.379 e. The van der Waals surface area contributed by atoms with E-state index in [2.05, 4.69) is 90.3 Å². The van der Waals surface area contributed by atoms with Gasteiger partial charge in [0.25, 0.3) is 0 Å². The number of anilines is 2. The van der Waals surface area contributed by atoms with Crippen LogP contribution in [-0.4, -0.2) is 12.1 Å². The molecule has 0 spiro atoms. The highest BCUT2D eigenvalue weighted by Gasteiger charge is 2.23. The molecule has 0 radical (unpaired) electrons. The third kappa shape index (κ3) is 7.22. The molecule has 2 N–H and O–H groups in total. The molecule has 2 nitrogen and oxygen atoms in total. The first kappa shape index (κ1) is 26.3. The molecular formula is C28H48N2. The summed E-state index contributed by atoms with van der Waals surface area (Å²) in [6, 6.07) is 0.655. The molecule has 0 aliphatic rings. The Hall–Kier alpha value is -1.70. The average Bonchev–Trinajstić information content (AvgIpc) is 2.70. The van der Waals surface area contributed by atoms with E-state index in [1.54, 1.807) is 16.7 Å². The van der Waals surface area contributed by atoms with Gasteiger partial charge in [-0.05, 0) is 75.6 Å². The number of hydrogen-bond acceptors (Lipinski definition) is 2. The highest BCUT2D eigenvalue weighted by atomic mass is 14.9. The summed E-state index contributed by atoms with van der Waals surface area (Å²) in [5.74, 6) is 0. The van der Waals surface area contributed by atoms with E-state index in [1.165, 1.54) is 36.2 Å². The summed E-state index contributed by atoms with van der Waals surface area (Å²) < 4.78 is 0. The quantitative estimate of drug-likeness (QED) is 0.300. The number of hydrogen-bond donors (Lipinski definition) is 2. The van der Waals surface area contributed by atoms with Gasteiger partial charge in [0.2, 0.25) is 0 Å². The molecule has 1 aromatic rings. The summed E-state index contributed by atoms with van der Waals surface area (Å²) in [7, 11) is 0. The molecule has 0 bridgehead atoms. The van der Waals surface area contributed by atoms with Gasteiger partial charge in [-0.2, -0.15) is 0 Å². The SMILES string of the molecule is C/C=C/C(C)Nc1c(CCC)c(CCC)c(CCC)c(NC(C)/C=C/C)c1CCC. The lowest BCUT2D eigenvalue weighted by Crippen LogP contribution is -2.22. The van der Waals surface area contributed by atoms with E-state index in [-0.39, 0.29) is 0 Å². The molecule has 0 aromatic heterocycles. The minimum absolute atomic E-state index is 0.327. The van der Waals surface area contributed by atoms with E-state index in [4.69, 9.17) is 0 Å². The fraction of sp³-hybridized carbons (Fsp3) is 0.643. The van der Waals surface area contributed by atoms with Gasteiger partial charge >= 0.3 is 0 Å². The van der Waals surface area contributed by atoms with E-state index in [9.17, 15) is 0 Å². The number of allylic oxidation sites excluding steroid dienone is 2. The zero-order valence-corrected chi connectivity index (χ0v) is 21.1. The number of rotatable bonds is 14. The van der Waals surface area contributed by atoms with Gasteiger partial charge in [-0.1, -0.05) is 77.7 Å². The van der Waals surface area contributed by atoms with Crippen molar-refractivity contribution in [1.82, 2.24) is 0 Å². The van der Waals surface area contributed by atoms with Crippen molar-refractivity contribution >= 4 is 11.4 Å². The summed E-state index contributed by atoms with van der Waals surface area (Å²) >= 11 is 0. The molecule has 2 atom stereocenters. The van der Waals surface area contributed by atoms with Crippen molar-refractivity contribution in [2.24, 2.45) is 0 Å². The molecule has 1 aromatic carbocycles. The van der Waals surface area contributed by atoms with Crippen molar-refractivity contribution in [2.45, 2.75) is 119 Å². The maximum Gasteiger partial charge on any atom is 0.0433 e. The van der Waals surface area contributed by atoms with E-state index >= 15 is 0 Å². The molecule has 30 heavy (non-hydrogen) atoms. The number of nitrogens with one attached hydrogen (secondary N) is 2. The maximum atomic E-state index is 3.92. The van der Waals surface area contributed by atoms with Gasteiger partial charge in [-0.25, -0.2) is 0 Å². The lowest BCUT2D eigenvalue weighted by Gasteiger charge is -2.30. The van der Waals surface area contributed by atoms with Gasteiger partial charge in [0.1, 0.15) is 0 Å². The summed E-state index contributed by atoms with van der Waals surface area (Å²) in [5.41, 5.74) is 9.06. The predicted molar refractivity (Wildman–Crippen MR) is 138 cm³/mol. The van der Waals surface area contributed by atoms with Gasteiger partial charge in [0, 0.05) is 23.5 Å². The van der Waals surface area contributed by atoms with Gasteiger partial charge in [0.15, 0.2) is 0 Å². The van der Waals surface area contributed by atoms with E-state index in [0.717, 1.165) is 32.1 Å². The Bertz CT molecular complexity index is 633. The number of benzene rings is 1. The zero-order valence-electron chi connectivity index (χ0n) is 21.1. The molecule has 0 aliphatic carbocycles. The Morgan fingerprint density at radius 1 is 0.567 bits per heavy atom. The molecule has 0 fully saturated rings. The Labute approximate surface area is 187 Å². The Balaban J connectivity index is 3.88. The fourth-order valence-corrected chi connectivity index (χ4v) is 4.55. The molecular weight excluding hydrogens is 364 g/mol. The van der Waals surface area contributed by atoms with E-state index in [0.29, 0.717) is 12.1 Å². The van der Waals surface area contributed by atoms with Crippen molar-refractivity contribution in [1.29, 1.82) is 0 Å². The van der Waals surface area contributed by atoms with Crippen molar-refractivity contribution in [2.75, 3.05) is 10.6 Å². The van der Waals surface area contributed by atoms with Crippen molar-refractivity contribution < 1.29 is 0 Å². The fourth-order valence-electron chi connectivity index (χ4n) is 4.55. The smallest absolute Gasteiger partial charge is 0.0433 e. The highest BCUT2D eigenvalue weighted by molar-refractivity contribution is 5.76. The maximum absolute atomic E-state index is 3.92. The van der Waals surface area contributed by atoms with Crippen molar-refractivity contribution in [3.8, 4) is 0 Å². The van der Waals surface area contributed by atoms with E-state index < -0.39 is 0 Å². The monoisotopic (exact) mass is 412 g/mol.